The van der Waals surface area contributed by atoms with Gasteiger partial charge < -0.3 is 10.4 Å². The summed E-state index contributed by atoms with van der Waals surface area (Å²) in [5.74, 6) is -1.48. The fourth-order valence-electron chi connectivity index (χ4n) is 3.14. The quantitative estimate of drug-likeness (QED) is 0.884. The highest BCUT2D eigenvalue weighted by molar-refractivity contribution is 7.09. The second-order valence-corrected chi connectivity index (χ2v) is 8.53. The molecule has 1 fully saturated rings. The van der Waals surface area contributed by atoms with E-state index in [0.717, 1.165) is 23.5 Å². The normalized spacial score (nSPS) is 25.1. The van der Waals surface area contributed by atoms with E-state index >= 15 is 0 Å². The number of thiazole rings is 1. The fourth-order valence-corrected chi connectivity index (χ4v) is 4.05. The first-order valence-corrected chi connectivity index (χ1v) is 8.98. The van der Waals surface area contributed by atoms with E-state index in [-0.39, 0.29) is 17.7 Å². The summed E-state index contributed by atoms with van der Waals surface area (Å²) in [5, 5.41) is 15.3. The van der Waals surface area contributed by atoms with Gasteiger partial charge in [-0.05, 0) is 19.8 Å². The van der Waals surface area contributed by atoms with E-state index in [1.165, 1.54) is 0 Å². The standard InChI is InChI=1S/C17H26N2O3S/c1-16(2,3)15-18-11(10-23-15)9-13(20)19-17(4)8-6-5-7-12(17)14(21)22/h10,12H,5-9H2,1-4H3,(H,19,20)(H,21,22). The van der Waals surface area contributed by atoms with Gasteiger partial charge in [-0.3, -0.25) is 9.59 Å². The molecule has 1 heterocycles. The van der Waals surface area contributed by atoms with Gasteiger partial charge in [0.25, 0.3) is 0 Å². The van der Waals surface area contributed by atoms with E-state index in [2.05, 4.69) is 31.1 Å². The SMILES string of the molecule is CC(C)(C)c1nc(CC(=O)NC2(C)CCCCC2C(=O)O)cs1. The Labute approximate surface area is 141 Å². The van der Waals surface area contributed by atoms with E-state index in [1.807, 2.05) is 12.3 Å². The van der Waals surface area contributed by atoms with Crippen LogP contribution in [0.5, 0.6) is 0 Å². The molecule has 1 aromatic rings. The molecule has 0 spiro atoms. The van der Waals surface area contributed by atoms with Crippen molar-refractivity contribution in [3.63, 3.8) is 0 Å². The van der Waals surface area contributed by atoms with Crippen LogP contribution in [-0.4, -0.2) is 27.5 Å². The van der Waals surface area contributed by atoms with Crippen LogP contribution < -0.4 is 5.32 Å². The second-order valence-electron chi connectivity index (χ2n) is 7.67. The van der Waals surface area contributed by atoms with Crippen molar-refractivity contribution in [3.05, 3.63) is 16.1 Å². The monoisotopic (exact) mass is 338 g/mol. The Bertz CT molecular complexity index is 591. The summed E-state index contributed by atoms with van der Waals surface area (Å²) in [4.78, 5) is 28.4. The first-order chi connectivity index (χ1) is 10.6. The molecule has 0 aromatic carbocycles. The van der Waals surface area contributed by atoms with E-state index in [9.17, 15) is 14.7 Å². The van der Waals surface area contributed by atoms with Gasteiger partial charge in [-0.25, -0.2) is 4.98 Å². The van der Waals surface area contributed by atoms with Gasteiger partial charge in [-0.1, -0.05) is 33.6 Å². The number of aromatic nitrogens is 1. The van der Waals surface area contributed by atoms with Crippen molar-refractivity contribution in [1.29, 1.82) is 0 Å². The van der Waals surface area contributed by atoms with Crippen molar-refractivity contribution < 1.29 is 14.7 Å². The number of carboxylic acids is 1. The lowest BCUT2D eigenvalue weighted by molar-refractivity contribution is -0.146. The summed E-state index contributed by atoms with van der Waals surface area (Å²) >= 11 is 1.56. The zero-order valence-corrected chi connectivity index (χ0v) is 15.1. The van der Waals surface area contributed by atoms with Crippen LogP contribution in [0, 0.1) is 5.92 Å². The Morgan fingerprint density at radius 3 is 2.70 bits per heavy atom. The van der Waals surface area contributed by atoms with Gasteiger partial charge in [-0.15, -0.1) is 11.3 Å². The van der Waals surface area contributed by atoms with Gasteiger partial charge in [0.15, 0.2) is 0 Å². The smallest absolute Gasteiger partial charge is 0.308 e. The number of hydrogen-bond acceptors (Lipinski definition) is 4. The Morgan fingerprint density at radius 2 is 2.13 bits per heavy atom. The van der Waals surface area contributed by atoms with Crippen LogP contribution >= 0.6 is 11.3 Å². The molecular formula is C17H26N2O3S. The first-order valence-electron chi connectivity index (χ1n) is 8.10. The van der Waals surface area contributed by atoms with Gasteiger partial charge in [0.05, 0.1) is 28.6 Å². The molecule has 5 nitrogen and oxygen atoms in total. The van der Waals surface area contributed by atoms with Crippen LogP contribution in [0.1, 0.15) is 64.1 Å². The van der Waals surface area contributed by atoms with Crippen LogP contribution in [0.3, 0.4) is 0 Å². The average molecular weight is 338 g/mol. The van der Waals surface area contributed by atoms with E-state index in [4.69, 9.17) is 0 Å². The summed E-state index contributed by atoms with van der Waals surface area (Å²) in [6, 6.07) is 0. The number of hydrogen-bond donors (Lipinski definition) is 2. The number of aliphatic carboxylic acids is 1. The van der Waals surface area contributed by atoms with Gasteiger partial charge in [-0.2, -0.15) is 0 Å². The second kappa shape index (κ2) is 6.59. The van der Waals surface area contributed by atoms with Gasteiger partial charge >= 0.3 is 5.97 Å². The molecular weight excluding hydrogens is 312 g/mol. The summed E-state index contributed by atoms with van der Waals surface area (Å²) in [6.07, 6.45) is 3.39. The average Bonchev–Trinajstić information content (AvgIpc) is 2.86. The molecule has 0 radical (unpaired) electrons. The third kappa shape index (κ3) is 4.31. The predicted molar refractivity (Wildman–Crippen MR) is 90.7 cm³/mol. The highest BCUT2D eigenvalue weighted by Gasteiger charge is 2.42. The molecule has 23 heavy (non-hydrogen) atoms. The van der Waals surface area contributed by atoms with E-state index in [0.29, 0.717) is 12.8 Å². The third-order valence-electron chi connectivity index (χ3n) is 4.47. The third-order valence-corrected chi connectivity index (χ3v) is 5.78. The number of carbonyl (C=O) groups excluding carboxylic acids is 1. The molecule has 2 unspecified atom stereocenters. The van der Waals surface area contributed by atoms with Crippen molar-refractivity contribution >= 4 is 23.2 Å². The first kappa shape index (κ1) is 17.9. The topological polar surface area (TPSA) is 79.3 Å². The van der Waals surface area contributed by atoms with Crippen LogP contribution in [0.15, 0.2) is 5.38 Å². The lowest BCUT2D eigenvalue weighted by atomic mass is 9.74. The number of nitrogens with zero attached hydrogens (tertiary/aromatic N) is 1. The Hall–Kier alpha value is -1.43. The van der Waals surface area contributed by atoms with E-state index < -0.39 is 17.4 Å². The molecule has 1 aliphatic rings. The molecule has 2 rings (SSSR count). The molecule has 1 saturated carbocycles. The minimum atomic E-state index is -0.823. The summed E-state index contributed by atoms with van der Waals surface area (Å²) in [6.45, 7) is 8.13. The van der Waals surface area contributed by atoms with Crippen molar-refractivity contribution in [3.8, 4) is 0 Å². The summed E-state index contributed by atoms with van der Waals surface area (Å²) < 4.78 is 0. The number of carbonyl (C=O) groups is 2. The van der Waals surface area contributed by atoms with Gasteiger partial charge in [0, 0.05) is 10.8 Å². The highest BCUT2D eigenvalue weighted by atomic mass is 32.1. The molecule has 2 atom stereocenters. The molecule has 6 heteroatoms. The van der Waals surface area contributed by atoms with Crippen molar-refractivity contribution in [2.75, 3.05) is 0 Å². The maximum atomic E-state index is 12.4. The Balaban J connectivity index is 2.03. The highest BCUT2D eigenvalue weighted by Crippen LogP contribution is 2.34. The molecule has 1 aromatic heterocycles. The zero-order chi connectivity index (χ0) is 17.3. The van der Waals surface area contributed by atoms with Crippen LogP contribution in [0.25, 0.3) is 0 Å². The molecule has 128 valence electrons. The largest absolute Gasteiger partial charge is 0.481 e. The van der Waals surface area contributed by atoms with Gasteiger partial charge in [0.2, 0.25) is 5.91 Å². The molecule has 1 aliphatic carbocycles. The number of nitrogens with one attached hydrogen (secondary N) is 1. The van der Waals surface area contributed by atoms with E-state index in [1.54, 1.807) is 11.3 Å². The fraction of sp³-hybridized carbons (Fsp3) is 0.706. The van der Waals surface area contributed by atoms with Crippen LogP contribution in [-0.2, 0) is 21.4 Å². The summed E-state index contributed by atoms with van der Waals surface area (Å²) in [7, 11) is 0. The maximum absolute atomic E-state index is 12.4. The zero-order valence-electron chi connectivity index (χ0n) is 14.3. The molecule has 0 bridgehead atoms. The maximum Gasteiger partial charge on any atom is 0.308 e. The molecule has 2 N–H and O–H groups in total. The van der Waals surface area contributed by atoms with Gasteiger partial charge in [0.1, 0.15) is 0 Å². The lowest BCUT2D eigenvalue weighted by Gasteiger charge is -2.39. The lowest BCUT2D eigenvalue weighted by Crippen LogP contribution is -2.55. The number of amides is 1. The Kier molecular flexibility index (Phi) is 5.14. The Morgan fingerprint density at radius 1 is 1.43 bits per heavy atom. The molecule has 1 amide bonds. The minimum Gasteiger partial charge on any atom is -0.481 e. The minimum absolute atomic E-state index is 0.0247. The van der Waals surface area contributed by atoms with Crippen LogP contribution in [0.4, 0.5) is 0 Å². The molecule has 0 aliphatic heterocycles. The number of rotatable bonds is 4. The predicted octanol–water partition coefficient (Wildman–Crippen LogP) is 3.13. The molecule has 0 saturated heterocycles. The van der Waals surface area contributed by atoms with Crippen LogP contribution in [0.2, 0.25) is 0 Å². The van der Waals surface area contributed by atoms with Crippen molar-refractivity contribution in [1.82, 2.24) is 10.3 Å². The summed E-state index contributed by atoms with van der Waals surface area (Å²) in [5.41, 5.74) is 0.0661. The van der Waals surface area contributed by atoms with Crippen molar-refractivity contribution in [2.45, 2.75) is 70.8 Å². The number of carboxylic acid groups (broad SMARTS) is 1. The van der Waals surface area contributed by atoms with Crippen molar-refractivity contribution in [2.24, 2.45) is 5.92 Å².